The molecular formula is C29H43N5O6. The summed E-state index contributed by atoms with van der Waals surface area (Å²) in [7, 11) is 1.47. The van der Waals surface area contributed by atoms with Crippen molar-refractivity contribution in [2.45, 2.75) is 57.4 Å². The van der Waals surface area contributed by atoms with Gasteiger partial charge in [0.15, 0.2) is 0 Å². The first-order valence-corrected chi connectivity index (χ1v) is 14.5. The molecule has 1 aromatic rings. The van der Waals surface area contributed by atoms with Gasteiger partial charge in [-0.1, -0.05) is 25.5 Å². The van der Waals surface area contributed by atoms with E-state index in [4.69, 9.17) is 10.5 Å². The molecule has 3 aliphatic rings. The minimum Gasteiger partial charge on any atom is -0.493 e. The number of carbonyl (C=O) groups is 4. The summed E-state index contributed by atoms with van der Waals surface area (Å²) >= 11 is 0. The van der Waals surface area contributed by atoms with Crippen LogP contribution >= 0.6 is 0 Å². The quantitative estimate of drug-likeness (QED) is 0.374. The molecule has 11 heteroatoms. The van der Waals surface area contributed by atoms with Gasteiger partial charge < -0.3 is 25.4 Å². The van der Waals surface area contributed by atoms with Gasteiger partial charge in [0.05, 0.1) is 19.1 Å². The van der Waals surface area contributed by atoms with Crippen molar-refractivity contribution in [3.63, 3.8) is 0 Å². The second-order valence-electron chi connectivity index (χ2n) is 11.1. The molecule has 0 radical (unpaired) electrons. The van der Waals surface area contributed by atoms with Gasteiger partial charge in [0.25, 0.3) is 0 Å². The number of benzene rings is 1. The number of carboxylic acid groups (broad SMARTS) is 1. The van der Waals surface area contributed by atoms with Crippen molar-refractivity contribution in [3.8, 4) is 5.75 Å². The van der Waals surface area contributed by atoms with Crippen LogP contribution in [0.25, 0.3) is 0 Å². The number of unbranched alkanes of at least 4 members (excludes halogenated alkanes) is 1. The second kappa shape index (κ2) is 13.5. The molecule has 0 saturated carbocycles. The molecule has 4 rings (SSSR count). The van der Waals surface area contributed by atoms with Crippen molar-refractivity contribution in [1.29, 1.82) is 0 Å². The number of carbonyl (C=O) groups excluding carboxylic acids is 3. The van der Waals surface area contributed by atoms with E-state index in [9.17, 15) is 24.3 Å². The fraction of sp³-hybridized carbons (Fsp3) is 0.655. The van der Waals surface area contributed by atoms with Gasteiger partial charge in [0.2, 0.25) is 11.8 Å². The van der Waals surface area contributed by atoms with Gasteiger partial charge >= 0.3 is 12.0 Å². The Morgan fingerprint density at radius 3 is 2.67 bits per heavy atom. The molecule has 3 atom stereocenters. The van der Waals surface area contributed by atoms with Crippen LogP contribution in [0.2, 0.25) is 0 Å². The lowest BCUT2D eigenvalue weighted by Crippen LogP contribution is -2.52. The lowest BCUT2D eigenvalue weighted by molar-refractivity contribution is -0.144. The molecule has 0 spiro atoms. The summed E-state index contributed by atoms with van der Waals surface area (Å²) in [6.45, 7) is 5.58. The molecule has 2 fully saturated rings. The highest BCUT2D eigenvalue weighted by Crippen LogP contribution is 2.41. The molecule has 2 saturated heterocycles. The highest BCUT2D eigenvalue weighted by Gasteiger charge is 2.47. The first-order valence-electron chi connectivity index (χ1n) is 14.5. The zero-order valence-electron chi connectivity index (χ0n) is 23.7. The Bertz CT molecular complexity index is 1090. The Labute approximate surface area is 236 Å². The second-order valence-corrected chi connectivity index (χ2v) is 11.1. The van der Waals surface area contributed by atoms with Gasteiger partial charge in [-0.3, -0.25) is 24.2 Å². The predicted octanol–water partition coefficient (Wildman–Crippen LogP) is 1.74. The summed E-state index contributed by atoms with van der Waals surface area (Å²) in [4.78, 5) is 57.6. The van der Waals surface area contributed by atoms with Gasteiger partial charge in [0, 0.05) is 64.6 Å². The third kappa shape index (κ3) is 6.58. The summed E-state index contributed by atoms with van der Waals surface area (Å²) in [5.41, 5.74) is 7.73. The maximum absolute atomic E-state index is 13.5. The highest BCUT2D eigenvalue weighted by atomic mass is 16.5. The minimum absolute atomic E-state index is 0.0292. The zero-order valence-corrected chi connectivity index (χ0v) is 23.7. The number of urea groups is 1. The Morgan fingerprint density at radius 2 is 1.95 bits per heavy atom. The summed E-state index contributed by atoms with van der Waals surface area (Å²) in [5.74, 6) is -1.38. The van der Waals surface area contributed by atoms with E-state index in [2.05, 4.69) is 13.0 Å². The van der Waals surface area contributed by atoms with Gasteiger partial charge in [-0.2, -0.15) is 0 Å². The molecule has 4 amide bonds. The van der Waals surface area contributed by atoms with Crippen LogP contribution in [0.4, 0.5) is 4.79 Å². The number of hydrogen-bond donors (Lipinski definition) is 2. The van der Waals surface area contributed by atoms with Crippen LogP contribution in [0, 0.1) is 5.92 Å². The largest absolute Gasteiger partial charge is 0.493 e. The summed E-state index contributed by atoms with van der Waals surface area (Å²) in [6.07, 6.45) is 3.98. The van der Waals surface area contributed by atoms with Crippen LogP contribution in [0.3, 0.4) is 0 Å². The van der Waals surface area contributed by atoms with Crippen molar-refractivity contribution in [2.75, 3.05) is 59.5 Å². The van der Waals surface area contributed by atoms with E-state index in [0.717, 1.165) is 41.0 Å². The predicted molar refractivity (Wildman–Crippen MR) is 149 cm³/mol. The number of aliphatic carboxylic acids is 1. The number of amides is 4. The first kappa shape index (κ1) is 29.8. The van der Waals surface area contributed by atoms with E-state index in [0.29, 0.717) is 58.7 Å². The number of imide groups is 1. The van der Waals surface area contributed by atoms with E-state index >= 15 is 0 Å². The van der Waals surface area contributed by atoms with Crippen LogP contribution in [0.15, 0.2) is 18.2 Å². The molecule has 0 aromatic heterocycles. The Balaban J connectivity index is 1.58. The monoisotopic (exact) mass is 557 g/mol. The number of ether oxygens (including phenoxy) is 1. The topological polar surface area (TPSA) is 137 Å². The molecular weight excluding hydrogens is 514 g/mol. The highest BCUT2D eigenvalue weighted by molar-refractivity contribution is 5.96. The SMILES string of the molecule is CCCCN(CCCN)C(=O)CN1C[C@H](c2ccc3c(c2)CCO3)[C@@H](C(=O)O)[C@@H]1CCN1CCC(=O)N(C)C1=O. The van der Waals surface area contributed by atoms with E-state index < -0.39 is 17.9 Å². The standard InChI is InChI=1S/C29H43N5O6/c1-3-4-12-32(13-5-11-30)26(36)19-34-18-22(20-6-7-24-21(17-20)10-16-40-24)27(28(37)38)23(34)8-14-33-15-9-25(35)31(2)29(33)39/h6-7,17,22-23,27H,3-5,8-16,18-19,30H2,1-2H3,(H,37,38)/t22-,23+,27-/m1/s1. The molecule has 3 N–H and O–H groups in total. The number of carboxylic acids is 1. The fourth-order valence-corrected chi connectivity index (χ4v) is 6.20. The van der Waals surface area contributed by atoms with Gasteiger partial charge in [-0.25, -0.2) is 4.79 Å². The Kier molecular flexibility index (Phi) is 10.0. The molecule has 0 unspecified atom stereocenters. The molecule has 40 heavy (non-hydrogen) atoms. The summed E-state index contributed by atoms with van der Waals surface area (Å²) in [5, 5.41) is 10.5. The zero-order chi connectivity index (χ0) is 28.8. The molecule has 220 valence electrons. The maximum atomic E-state index is 13.5. The molecule has 11 nitrogen and oxygen atoms in total. The van der Waals surface area contributed by atoms with Crippen LogP contribution in [-0.4, -0.2) is 114 Å². The molecule has 0 aliphatic carbocycles. The molecule has 3 heterocycles. The maximum Gasteiger partial charge on any atom is 0.326 e. The summed E-state index contributed by atoms with van der Waals surface area (Å²) in [6, 6.07) is 5.09. The van der Waals surface area contributed by atoms with E-state index in [1.54, 1.807) is 4.90 Å². The van der Waals surface area contributed by atoms with Gasteiger partial charge in [-0.05, 0) is 43.0 Å². The first-order chi connectivity index (χ1) is 19.2. The number of rotatable bonds is 13. The average Bonchev–Trinajstić information content (AvgIpc) is 3.55. The van der Waals surface area contributed by atoms with Crippen LogP contribution in [0.5, 0.6) is 5.75 Å². The van der Waals surface area contributed by atoms with E-state index in [1.165, 1.54) is 7.05 Å². The van der Waals surface area contributed by atoms with Crippen molar-refractivity contribution in [1.82, 2.24) is 19.6 Å². The number of hydrogen-bond acceptors (Lipinski definition) is 7. The van der Waals surface area contributed by atoms with E-state index in [-0.39, 0.29) is 36.7 Å². The molecule has 3 aliphatic heterocycles. The molecule has 1 aromatic carbocycles. The normalized spacial score (nSPS) is 22.9. The number of likely N-dealkylation sites (tertiary alicyclic amines) is 1. The van der Waals surface area contributed by atoms with Crippen molar-refractivity contribution in [2.24, 2.45) is 11.7 Å². The van der Waals surface area contributed by atoms with E-state index in [1.807, 2.05) is 21.9 Å². The van der Waals surface area contributed by atoms with Crippen molar-refractivity contribution < 1.29 is 29.0 Å². The number of fused-ring (bicyclic) bond motifs is 1. The smallest absolute Gasteiger partial charge is 0.326 e. The third-order valence-electron chi connectivity index (χ3n) is 8.50. The number of nitrogens with zero attached hydrogens (tertiary/aromatic N) is 4. The van der Waals surface area contributed by atoms with Crippen LogP contribution < -0.4 is 10.5 Å². The number of nitrogens with two attached hydrogens (primary N) is 1. The van der Waals surface area contributed by atoms with Crippen molar-refractivity contribution in [3.05, 3.63) is 29.3 Å². The summed E-state index contributed by atoms with van der Waals surface area (Å²) < 4.78 is 5.66. The average molecular weight is 558 g/mol. The van der Waals surface area contributed by atoms with Gasteiger partial charge in [0.1, 0.15) is 5.75 Å². The lowest BCUT2D eigenvalue weighted by atomic mass is 9.83. The van der Waals surface area contributed by atoms with Crippen LogP contribution in [-0.2, 0) is 20.8 Å². The lowest BCUT2D eigenvalue weighted by Gasteiger charge is -2.34. The Hall–Kier alpha value is -3.18. The Morgan fingerprint density at radius 1 is 1.18 bits per heavy atom. The van der Waals surface area contributed by atoms with Gasteiger partial charge in [-0.15, -0.1) is 0 Å². The fourth-order valence-electron chi connectivity index (χ4n) is 6.20. The molecule has 0 bridgehead atoms. The van der Waals surface area contributed by atoms with Crippen LogP contribution in [0.1, 0.15) is 56.1 Å². The minimum atomic E-state index is -0.912. The van der Waals surface area contributed by atoms with Crippen molar-refractivity contribution >= 4 is 23.8 Å². The third-order valence-corrected chi connectivity index (χ3v) is 8.50.